The van der Waals surface area contributed by atoms with Gasteiger partial charge in [0.1, 0.15) is 34.6 Å². The monoisotopic (exact) mass is 536 g/mol. The maximum atomic E-state index is 5.53. The number of aromatic nitrogens is 2. The lowest BCUT2D eigenvalue weighted by atomic mass is 10.0. The fourth-order valence-electron chi connectivity index (χ4n) is 4.35. The Balaban J connectivity index is 1.48. The zero-order chi connectivity index (χ0) is 27.9. The van der Waals surface area contributed by atoms with Gasteiger partial charge < -0.3 is 29.6 Å². The summed E-state index contributed by atoms with van der Waals surface area (Å²) in [6.07, 6.45) is 1.84. The number of anilines is 2. The van der Waals surface area contributed by atoms with Crippen molar-refractivity contribution in [3.8, 4) is 34.1 Å². The van der Waals surface area contributed by atoms with Gasteiger partial charge in [0, 0.05) is 42.4 Å². The molecule has 0 spiro atoms. The van der Waals surface area contributed by atoms with E-state index in [4.69, 9.17) is 23.9 Å². The second kappa shape index (κ2) is 12.3. The van der Waals surface area contributed by atoms with Crippen LogP contribution in [0.2, 0.25) is 0 Å². The van der Waals surface area contributed by atoms with Gasteiger partial charge in [0.2, 0.25) is 0 Å². The number of hydrogen-bond donors (Lipinski definition) is 2. The van der Waals surface area contributed by atoms with Crippen LogP contribution in [0.5, 0.6) is 23.0 Å². The third-order valence-corrected chi connectivity index (χ3v) is 6.61. The lowest BCUT2D eigenvalue weighted by Crippen LogP contribution is -2.05. The predicted octanol–water partition coefficient (Wildman–Crippen LogP) is 6.56. The molecule has 0 aliphatic heterocycles. The fourth-order valence-corrected chi connectivity index (χ4v) is 4.35. The highest BCUT2D eigenvalue weighted by molar-refractivity contribution is 5.90. The van der Waals surface area contributed by atoms with Crippen molar-refractivity contribution in [2.45, 2.75) is 13.1 Å². The van der Waals surface area contributed by atoms with Gasteiger partial charge in [-0.3, -0.25) is 0 Å². The van der Waals surface area contributed by atoms with E-state index in [-0.39, 0.29) is 0 Å². The van der Waals surface area contributed by atoms with Crippen molar-refractivity contribution in [2.75, 3.05) is 39.1 Å². The molecule has 5 aromatic rings. The molecule has 5 rings (SSSR count). The first-order valence-electron chi connectivity index (χ1n) is 12.9. The molecule has 0 saturated carbocycles. The van der Waals surface area contributed by atoms with E-state index in [0.717, 1.165) is 56.3 Å². The highest BCUT2D eigenvalue weighted by Crippen LogP contribution is 2.35. The molecule has 0 aliphatic rings. The van der Waals surface area contributed by atoms with Gasteiger partial charge in [-0.1, -0.05) is 24.3 Å². The van der Waals surface area contributed by atoms with Crippen LogP contribution in [0.3, 0.4) is 0 Å². The predicted molar refractivity (Wildman–Crippen MR) is 159 cm³/mol. The fraction of sp³-hybridized carbons (Fsp3) is 0.188. The Morgan fingerprint density at radius 1 is 0.600 bits per heavy atom. The lowest BCUT2D eigenvalue weighted by molar-refractivity contribution is 0.394. The van der Waals surface area contributed by atoms with Gasteiger partial charge in [0.25, 0.3) is 0 Å². The van der Waals surface area contributed by atoms with Crippen LogP contribution in [0, 0.1) is 0 Å². The summed E-state index contributed by atoms with van der Waals surface area (Å²) in [7, 11) is 6.61. The van der Waals surface area contributed by atoms with Gasteiger partial charge in [0.05, 0.1) is 34.0 Å². The Morgan fingerprint density at radius 2 is 1.15 bits per heavy atom. The number of pyridine rings is 2. The first-order chi connectivity index (χ1) is 19.6. The van der Waals surface area contributed by atoms with Gasteiger partial charge in [-0.25, -0.2) is 9.97 Å². The first kappa shape index (κ1) is 26.6. The minimum Gasteiger partial charge on any atom is -0.497 e. The number of hydrogen-bond acceptors (Lipinski definition) is 8. The van der Waals surface area contributed by atoms with Crippen molar-refractivity contribution < 1.29 is 18.9 Å². The van der Waals surface area contributed by atoms with Crippen molar-refractivity contribution in [2.24, 2.45) is 0 Å². The third kappa shape index (κ3) is 6.18. The maximum Gasteiger partial charge on any atom is 0.134 e. The Hall–Kier alpha value is -4.98. The zero-order valence-electron chi connectivity index (χ0n) is 23.0. The van der Waals surface area contributed by atoms with Crippen LogP contribution in [-0.2, 0) is 13.1 Å². The van der Waals surface area contributed by atoms with E-state index in [1.165, 1.54) is 0 Å². The van der Waals surface area contributed by atoms with E-state index in [0.29, 0.717) is 24.6 Å². The molecule has 8 heteroatoms. The van der Waals surface area contributed by atoms with Crippen LogP contribution in [0.4, 0.5) is 11.6 Å². The zero-order valence-corrected chi connectivity index (χ0v) is 23.0. The molecule has 0 atom stereocenters. The van der Waals surface area contributed by atoms with Crippen molar-refractivity contribution in [1.29, 1.82) is 0 Å². The number of benzene rings is 3. The molecule has 0 fully saturated rings. The number of ether oxygens (including phenoxy) is 4. The van der Waals surface area contributed by atoms with Gasteiger partial charge in [-0.15, -0.1) is 0 Å². The van der Waals surface area contributed by atoms with Crippen LogP contribution in [0.15, 0.2) is 85.1 Å². The molecular weight excluding hydrogens is 504 g/mol. The maximum absolute atomic E-state index is 5.53. The van der Waals surface area contributed by atoms with Gasteiger partial charge in [-0.2, -0.15) is 0 Å². The van der Waals surface area contributed by atoms with Gasteiger partial charge in [-0.05, 0) is 59.2 Å². The van der Waals surface area contributed by atoms with Crippen molar-refractivity contribution in [3.05, 3.63) is 96.2 Å². The van der Waals surface area contributed by atoms with E-state index in [2.05, 4.69) is 21.7 Å². The normalized spacial score (nSPS) is 10.7. The summed E-state index contributed by atoms with van der Waals surface area (Å²) in [4.78, 5) is 9.68. The Kier molecular flexibility index (Phi) is 8.15. The molecule has 0 unspecified atom stereocenters. The molecule has 0 aliphatic carbocycles. The number of nitrogens with zero attached hydrogens (tertiary/aromatic N) is 2. The summed E-state index contributed by atoms with van der Waals surface area (Å²) in [6.45, 7) is 1.22. The topological polar surface area (TPSA) is 86.8 Å². The van der Waals surface area contributed by atoms with Gasteiger partial charge >= 0.3 is 0 Å². The van der Waals surface area contributed by atoms with E-state index >= 15 is 0 Å². The van der Waals surface area contributed by atoms with Crippen molar-refractivity contribution >= 4 is 22.5 Å². The SMILES string of the molecule is COc1ccc(CNc2cc3nc(NCc4ccc(OC)cc4)c(-c4cc(OC)cc(OC)c4)cc3cn2)cc1. The molecule has 2 N–H and O–H groups in total. The molecular formula is C32H32N4O4. The van der Waals surface area contributed by atoms with E-state index in [9.17, 15) is 0 Å². The highest BCUT2D eigenvalue weighted by Gasteiger charge is 2.13. The largest absolute Gasteiger partial charge is 0.497 e. The van der Waals surface area contributed by atoms with Crippen molar-refractivity contribution in [3.63, 3.8) is 0 Å². The summed E-state index contributed by atoms with van der Waals surface area (Å²) in [6, 6.07) is 25.8. The molecule has 0 saturated heterocycles. The molecule has 0 bridgehead atoms. The summed E-state index contributed by atoms with van der Waals surface area (Å²) in [5, 5.41) is 7.85. The molecule has 2 aromatic heterocycles. The molecule has 3 aromatic carbocycles. The average molecular weight is 537 g/mol. The van der Waals surface area contributed by atoms with E-state index < -0.39 is 0 Å². The molecule has 0 amide bonds. The summed E-state index contributed by atoms with van der Waals surface area (Å²) >= 11 is 0. The molecule has 204 valence electrons. The van der Waals surface area contributed by atoms with E-state index in [1.807, 2.05) is 79.0 Å². The average Bonchev–Trinajstić information content (AvgIpc) is 3.02. The second-order valence-electron chi connectivity index (χ2n) is 9.15. The minimum atomic E-state index is 0.588. The van der Waals surface area contributed by atoms with Crippen LogP contribution < -0.4 is 29.6 Å². The van der Waals surface area contributed by atoms with Crippen LogP contribution in [-0.4, -0.2) is 38.4 Å². The Bertz CT molecular complexity index is 1570. The van der Waals surface area contributed by atoms with Crippen molar-refractivity contribution in [1.82, 2.24) is 9.97 Å². The molecule has 2 heterocycles. The van der Waals surface area contributed by atoms with Gasteiger partial charge in [0.15, 0.2) is 0 Å². The Labute approximate surface area is 233 Å². The summed E-state index contributed by atoms with van der Waals surface area (Å²) in [5.41, 5.74) is 4.89. The first-order valence-corrected chi connectivity index (χ1v) is 12.9. The lowest BCUT2D eigenvalue weighted by Gasteiger charge is -2.15. The van der Waals surface area contributed by atoms with Crippen LogP contribution in [0.25, 0.3) is 22.0 Å². The molecule has 8 nitrogen and oxygen atoms in total. The number of nitrogens with one attached hydrogen (secondary N) is 2. The van der Waals surface area contributed by atoms with Crippen LogP contribution in [0.1, 0.15) is 11.1 Å². The number of rotatable bonds is 11. The van der Waals surface area contributed by atoms with E-state index in [1.54, 1.807) is 28.4 Å². The minimum absolute atomic E-state index is 0.588. The summed E-state index contributed by atoms with van der Waals surface area (Å²) in [5.74, 6) is 4.53. The number of methoxy groups -OCH3 is 4. The molecule has 40 heavy (non-hydrogen) atoms. The number of fused-ring (bicyclic) bond motifs is 1. The standard InChI is InChI=1S/C32H32N4O4/c1-37-25-9-5-21(6-10-25)18-33-31-17-30-24(20-34-31)15-29(23-13-27(39-3)16-28(14-23)40-4)32(36-30)35-19-22-7-11-26(38-2)12-8-22/h5-17,20H,18-19H2,1-4H3,(H,33,34)(H,35,36). The third-order valence-electron chi connectivity index (χ3n) is 6.61. The quantitative estimate of drug-likeness (QED) is 0.196. The highest BCUT2D eigenvalue weighted by atomic mass is 16.5. The smallest absolute Gasteiger partial charge is 0.134 e. The second-order valence-corrected chi connectivity index (χ2v) is 9.15. The van der Waals surface area contributed by atoms with Crippen LogP contribution >= 0.6 is 0 Å². The molecule has 0 radical (unpaired) electrons. The summed E-state index contributed by atoms with van der Waals surface area (Å²) < 4.78 is 21.6. The Morgan fingerprint density at radius 3 is 1.70 bits per heavy atom.